The van der Waals surface area contributed by atoms with E-state index in [4.69, 9.17) is 4.98 Å². The Labute approximate surface area is 191 Å². The Balaban J connectivity index is 1.06. The smallest absolute Gasteiger partial charge is 0.259 e. The lowest BCUT2D eigenvalue weighted by Gasteiger charge is -2.59. The van der Waals surface area contributed by atoms with Gasteiger partial charge in [0.1, 0.15) is 10.7 Å². The maximum Gasteiger partial charge on any atom is 0.259 e. The number of amides is 1. The van der Waals surface area contributed by atoms with Gasteiger partial charge in [0.25, 0.3) is 5.56 Å². The van der Waals surface area contributed by atoms with Gasteiger partial charge < -0.3 is 10.3 Å². The molecule has 2 aromatic rings. The molecular formula is C24H31N3O2S2. The molecule has 0 saturated heterocycles. The molecule has 7 heteroatoms. The number of aryl methyl sites for hydroxylation is 2. The number of H-pyrrole nitrogens is 1. The Hall–Kier alpha value is -1.34. The van der Waals surface area contributed by atoms with Crippen molar-refractivity contribution in [2.24, 2.45) is 23.2 Å². The van der Waals surface area contributed by atoms with Crippen molar-refractivity contribution in [2.75, 3.05) is 5.75 Å². The van der Waals surface area contributed by atoms with Gasteiger partial charge in [0.05, 0.1) is 16.9 Å². The van der Waals surface area contributed by atoms with Gasteiger partial charge in [-0.25, -0.2) is 4.98 Å². The van der Waals surface area contributed by atoms with Gasteiger partial charge in [-0.05, 0) is 93.4 Å². The predicted octanol–water partition coefficient (Wildman–Crippen LogP) is 4.43. The number of carbonyl (C=O) groups excluding carboxylic acids is 1. The van der Waals surface area contributed by atoms with E-state index in [2.05, 4.69) is 17.2 Å². The highest BCUT2D eigenvalue weighted by Crippen LogP contribution is 2.61. The highest BCUT2D eigenvalue weighted by atomic mass is 32.2. The van der Waals surface area contributed by atoms with Crippen LogP contribution in [-0.4, -0.2) is 27.7 Å². The van der Waals surface area contributed by atoms with Crippen molar-refractivity contribution in [2.45, 2.75) is 76.5 Å². The summed E-state index contributed by atoms with van der Waals surface area (Å²) in [4.78, 5) is 35.1. The summed E-state index contributed by atoms with van der Waals surface area (Å²) in [5.41, 5.74) is 1.54. The van der Waals surface area contributed by atoms with Crippen molar-refractivity contribution in [3.8, 4) is 0 Å². The lowest BCUT2D eigenvalue weighted by atomic mass is 9.48. The Morgan fingerprint density at radius 1 is 1.23 bits per heavy atom. The van der Waals surface area contributed by atoms with E-state index < -0.39 is 0 Å². The van der Waals surface area contributed by atoms with E-state index in [0.29, 0.717) is 22.7 Å². The summed E-state index contributed by atoms with van der Waals surface area (Å²) in [6.07, 6.45) is 11.4. The molecule has 2 heterocycles. The van der Waals surface area contributed by atoms with Crippen molar-refractivity contribution >= 4 is 39.2 Å². The molecule has 166 valence electrons. The van der Waals surface area contributed by atoms with Gasteiger partial charge in [0.15, 0.2) is 0 Å². The number of fused-ring (bicyclic) bond motifs is 3. The van der Waals surface area contributed by atoms with E-state index >= 15 is 0 Å². The van der Waals surface area contributed by atoms with Crippen molar-refractivity contribution in [3.63, 3.8) is 0 Å². The molecule has 1 amide bonds. The quantitative estimate of drug-likeness (QED) is 0.673. The molecule has 1 unspecified atom stereocenters. The molecule has 0 aliphatic heterocycles. The molecule has 1 atom stereocenters. The van der Waals surface area contributed by atoms with Crippen LogP contribution in [0.4, 0.5) is 0 Å². The molecule has 2 aromatic heterocycles. The topological polar surface area (TPSA) is 74.8 Å². The SMILES string of the molecule is CC(NC(=O)CSCc1nc2sc3c(c2c(=O)[nH]1)CCC3)C12CC3CC(CC(C3)C1)C2. The van der Waals surface area contributed by atoms with E-state index in [-0.39, 0.29) is 17.5 Å². The Morgan fingerprint density at radius 3 is 2.65 bits per heavy atom. The number of carbonyl (C=O) groups is 1. The third-order valence-corrected chi connectivity index (χ3v) is 10.6. The maximum atomic E-state index is 12.7. The fourth-order valence-electron chi connectivity index (χ4n) is 7.50. The fourth-order valence-corrected chi connectivity index (χ4v) is 9.48. The standard InChI is InChI=1S/C24H31N3O2S2/c1-13(24-8-14-5-15(9-24)7-16(6-14)10-24)25-20(28)12-30-11-19-26-22(29)21-17-3-2-4-18(17)31-23(21)27-19/h13-16H,2-12H2,1H3,(H,25,28)(H,26,27,29). The molecule has 7 rings (SSSR count). The number of aromatic amines is 1. The first-order valence-corrected chi connectivity index (χ1v) is 13.9. The number of hydrogen-bond donors (Lipinski definition) is 2. The summed E-state index contributed by atoms with van der Waals surface area (Å²) in [5, 5.41) is 4.14. The highest BCUT2D eigenvalue weighted by molar-refractivity contribution is 7.99. The zero-order valence-electron chi connectivity index (χ0n) is 18.2. The van der Waals surface area contributed by atoms with Crippen LogP contribution < -0.4 is 10.9 Å². The molecule has 0 spiro atoms. The lowest BCUT2D eigenvalue weighted by molar-refractivity contribution is -0.123. The maximum absolute atomic E-state index is 12.7. The van der Waals surface area contributed by atoms with Crippen molar-refractivity contribution in [1.29, 1.82) is 0 Å². The van der Waals surface area contributed by atoms with Crippen LogP contribution in [0.1, 0.15) is 68.1 Å². The van der Waals surface area contributed by atoms with Gasteiger partial charge in [-0.3, -0.25) is 9.59 Å². The number of nitrogens with one attached hydrogen (secondary N) is 2. The van der Waals surface area contributed by atoms with E-state index in [1.165, 1.54) is 49.0 Å². The van der Waals surface area contributed by atoms with Gasteiger partial charge in [-0.15, -0.1) is 23.1 Å². The second-order valence-electron chi connectivity index (χ2n) is 10.6. The minimum Gasteiger partial charge on any atom is -0.352 e. The summed E-state index contributed by atoms with van der Waals surface area (Å²) in [5.74, 6) is 4.48. The molecule has 5 aliphatic rings. The second-order valence-corrected chi connectivity index (χ2v) is 12.7. The molecule has 2 N–H and O–H groups in total. The molecule has 0 aromatic carbocycles. The molecule has 4 bridgehead atoms. The van der Waals surface area contributed by atoms with Crippen LogP contribution in [0.3, 0.4) is 0 Å². The lowest BCUT2D eigenvalue weighted by Crippen LogP contribution is -2.56. The van der Waals surface area contributed by atoms with Gasteiger partial charge in [0, 0.05) is 10.9 Å². The average molecular weight is 458 g/mol. The summed E-state index contributed by atoms with van der Waals surface area (Å²) in [6.45, 7) is 2.23. The van der Waals surface area contributed by atoms with Crippen molar-refractivity contribution in [1.82, 2.24) is 15.3 Å². The summed E-state index contributed by atoms with van der Waals surface area (Å²) >= 11 is 3.21. The molecule has 4 saturated carbocycles. The van der Waals surface area contributed by atoms with Crippen LogP contribution in [0.15, 0.2) is 4.79 Å². The summed E-state index contributed by atoms with van der Waals surface area (Å²) in [7, 11) is 0. The van der Waals surface area contributed by atoms with E-state index in [1.54, 1.807) is 23.1 Å². The zero-order chi connectivity index (χ0) is 21.2. The normalized spacial score (nSPS) is 31.8. The minimum atomic E-state index is -0.0140. The van der Waals surface area contributed by atoms with Gasteiger partial charge in [-0.2, -0.15) is 0 Å². The molecule has 5 nitrogen and oxygen atoms in total. The van der Waals surface area contributed by atoms with E-state index in [1.807, 2.05) is 0 Å². The third kappa shape index (κ3) is 3.56. The first kappa shape index (κ1) is 20.3. The number of rotatable bonds is 6. The summed E-state index contributed by atoms with van der Waals surface area (Å²) in [6, 6.07) is 0.261. The van der Waals surface area contributed by atoms with Crippen LogP contribution in [-0.2, 0) is 23.4 Å². The number of thioether (sulfide) groups is 1. The first-order valence-electron chi connectivity index (χ1n) is 11.9. The molecular weight excluding hydrogens is 426 g/mol. The largest absolute Gasteiger partial charge is 0.352 e. The van der Waals surface area contributed by atoms with Crippen LogP contribution in [0.2, 0.25) is 0 Å². The van der Waals surface area contributed by atoms with Gasteiger partial charge in [-0.1, -0.05) is 0 Å². The Kier molecular flexibility index (Phi) is 4.98. The average Bonchev–Trinajstić information content (AvgIpc) is 3.27. The summed E-state index contributed by atoms with van der Waals surface area (Å²) < 4.78 is 0. The van der Waals surface area contributed by atoms with E-state index in [0.717, 1.165) is 47.2 Å². The van der Waals surface area contributed by atoms with Crippen LogP contribution in [0.5, 0.6) is 0 Å². The van der Waals surface area contributed by atoms with Crippen LogP contribution in [0.25, 0.3) is 10.2 Å². The molecule has 5 aliphatic carbocycles. The monoisotopic (exact) mass is 457 g/mol. The number of nitrogens with zero attached hydrogens (tertiary/aromatic N) is 1. The number of thiophene rings is 1. The Morgan fingerprint density at radius 2 is 1.94 bits per heavy atom. The van der Waals surface area contributed by atoms with Crippen molar-refractivity contribution in [3.05, 3.63) is 26.6 Å². The third-order valence-electron chi connectivity index (χ3n) is 8.48. The minimum absolute atomic E-state index is 0.0140. The van der Waals surface area contributed by atoms with Crippen LogP contribution >= 0.6 is 23.1 Å². The number of aromatic nitrogens is 2. The van der Waals surface area contributed by atoms with Gasteiger partial charge >= 0.3 is 0 Å². The molecule has 4 fully saturated rings. The van der Waals surface area contributed by atoms with Gasteiger partial charge in [0.2, 0.25) is 5.91 Å². The highest BCUT2D eigenvalue weighted by Gasteiger charge is 2.53. The molecule has 0 radical (unpaired) electrons. The van der Waals surface area contributed by atoms with E-state index in [9.17, 15) is 9.59 Å². The zero-order valence-corrected chi connectivity index (χ0v) is 19.8. The first-order chi connectivity index (χ1) is 15.0. The van der Waals surface area contributed by atoms with Crippen LogP contribution in [0, 0.1) is 23.2 Å². The Bertz CT molecular complexity index is 1050. The predicted molar refractivity (Wildman–Crippen MR) is 127 cm³/mol. The van der Waals surface area contributed by atoms with Crippen molar-refractivity contribution < 1.29 is 4.79 Å². The molecule has 31 heavy (non-hydrogen) atoms. The fraction of sp³-hybridized carbons (Fsp3) is 0.708. The second kappa shape index (κ2) is 7.62. The number of hydrogen-bond acceptors (Lipinski definition) is 5.